The predicted octanol–water partition coefficient (Wildman–Crippen LogP) is 3.28. The fourth-order valence-corrected chi connectivity index (χ4v) is 5.48. The largest absolute Gasteiger partial charge is 0.295 e. The van der Waals surface area contributed by atoms with Gasteiger partial charge in [0.25, 0.3) is 0 Å². The predicted molar refractivity (Wildman–Crippen MR) is 75.3 cm³/mol. The molecule has 1 aromatic rings. The molecule has 0 saturated carbocycles. The number of carbonyl (C=O) groups is 1. The van der Waals surface area contributed by atoms with E-state index in [1.807, 2.05) is 6.92 Å². The molecule has 1 nitrogen and oxygen atoms in total. The maximum Gasteiger partial charge on any atom is 0.158 e. The van der Waals surface area contributed by atoms with Crippen LogP contribution in [-0.4, -0.2) is 13.9 Å². The van der Waals surface area contributed by atoms with Crippen molar-refractivity contribution in [2.75, 3.05) is 0 Å². The van der Waals surface area contributed by atoms with Crippen LogP contribution in [0.3, 0.4) is 0 Å². The molecular weight excluding hydrogens is 224 g/mol. The minimum absolute atomic E-state index is 0.345. The molecule has 1 aliphatic rings. The zero-order valence-corrected chi connectivity index (χ0v) is 11.9. The average Bonchev–Trinajstić information content (AvgIpc) is 2.33. The van der Waals surface area contributed by atoms with Crippen LogP contribution in [0.1, 0.15) is 19.8 Å². The number of benzene rings is 1. The summed E-state index contributed by atoms with van der Waals surface area (Å²) in [5.74, 6) is 0.345. The van der Waals surface area contributed by atoms with Crippen LogP contribution in [0.5, 0.6) is 0 Å². The molecule has 1 aliphatic carbocycles. The molecular formula is C15H20OSi. The highest BCUT2D eigenvalue weighted by Gasteiger charge is 2.36. The van der Waals surface area contributed by atoms with Gasteiger partial charge in [0, 0.05) is 6.42 Å². The minimum Gasteiger partial charge on any atom is -0.295 e. The maximum atomic E-state index is 11.8. The van der Waals surface area contributed by atoms with E-state index in [0.717, 1.165) is 18.4 Å². The Morgan fingerprint density at radius 1 is 1.18 bits per heavy atom. The lowest BCUT2D eigenvalue weighted by molar-refractivity contribution is -0.115. The summed E-state index contributed by atoms with van der Waals surface area (Å²) in [6.45, 7) is 6.71. The van der Waals surface area contributed by atoms with Crippen LogP contribution in [-0.2, 0) is 4.79 Å². The SMILES string of the molecule is CC1=CC[C@@H]([Si](C)(C)c2ccccc2)CC1=O. The summed E-state index contributed by atoms with van der Waals surface area (Å²) in [5, 5.41) is 1.46. The highest BCUT2D eigenvalue weighted by atomic mass is 28.3. The van der Waals surface area contributed by atoms with Crippen molar-refractivity contribution in [2.45, 2.75) is 38.4 Å². The lowest BCUT2D eigenvalue weighted by Gasteiger charge is -2.34. The lowest BCUT2D eigenvalue weighted by atomic mass is 9.99. The number of hydrogen-bond acceptors (Lipinski definition) is 1. The number of ketones is 1. The number of allylic oxidation sites excluding steroid dienone is 2. The molecule has 1 aromatic carbocycles. The van der Waals surface area contributed by atoms with E-state index in [1.54, 1.807) is 0 Å². The highest BCUT2D eigenvalue weighted by molar-refractivity contribution is 6.91. The van der Waals surface area contributed by atoms with Gasteiger partial charge in [0.2, 0.25) is 0 Å². The second-order valence-corrected chi connectivity index (χ2v) is 10.4. The second-order valence-electron chi connectivity index (χ2n) is 5.53. The van der Waals surface area contributed by atoms with Gasteiger partial charge in [-0.25, -0.2) is 0 Å². The molecule has 17 heavy (non-hydrogen) atoms. The first kappa shape index (κ1) is 12.3. The zero-order valence-electron chi connectivity index (χ0n) is 10.9. The van der Waals surface area contributed by atoms with Crippen molar-refractivity contribution in [1.29, 1.82) is 0 Å². The van der Waals surface area contributed by atoms with Crippen LogP contribution in [0.2, 0.25) is 18.6 Å². The number of Topliss-reactive ketones (excluding diaryl/α,β-unsaturated/α-hetero) is 1. The molecule has 0 heterocycles. The summed E-state index contributed by atoms with van der Waals surface area (Å²) in [6.07, 6.45) is 3.95. The van der Waals surface area contributed by atoms with Crippen molar-refractivity contribution in [3.63, 3.8) is 0 Å². The van der Waals surface area contributed by atoms with Gasteiger partial charge in [-0.3, -0.25) is 4.79 Å². The molecule has 0 bridgehead atoms. The Morgan fingerprint density at radius 3 is 2.41 bits per heavy atom. The van der Waals surface area contributed by atoms with Crippen molar-refractivity contribution in [3.8, 4) is 0 Å². The first-order valence-electron chi connectivity index (χ1n) is 6.27. The molecule has 0 N–H and O–H groups in total. The van der Waals surface area contributed by atoms with Crippen molar-refractivity contribution in [1.82, 2.24) is 0 Å². The van der Waals surface area contributed by atoms with Gasteiger partial charge in [-0.1, -0.05) is 54.7 Å². The molecule has 0 fully saturated rings. The topological polar surface area (TPSA) is 17.1 Å². The summed E-state index contributed by atoms with van der Waals surface area (Å²) >= 11 is 0. The van der Waals surface area contributed by atoms with Gasteiger partial charge in [-0.05, 0) is 24.5 Å². The van der Waals surface area contributed by atoms with E-state index in [0.29, 0.717) is 11.3 Å². The second kappa shape index (κ2) is 4.61. The third-order valence-corrected chi connectivity index (χ3v) is 8.42. The van der Waals surface area contributed by atoms with Gasteiger partial charge in [-0.15, -0.1) is 0 Å². The van der Waals surface area contributed by atoms with Crippen LogP contribution < -0.4 is 5.19 Å². The van der Waals surface area contributed by atoms with Crippen LogP contribution >= 0.6 is 0 Å². The summed E-state index contributed by atoms with van der Waals surface area (Å²) in [5.41, 5.74) is 1.51. The van der Waals surface area contributed by atoms with Crippen LogP contribution in [0.25, 0.3) is 0 Å². The first-order valence-corrected chi connectivity index (χ1v) is 9.35. The maximum absolute atomic E-state index is 11.8. The number of rotatable bonds is 2. The molecule has 0 aliphatic heterocycles. The smallest absolute Gasteiger partial charge is 0.158 e. The van der Waals surface area contributed by atoms with Crippen molar-refractivity contribution < 1.29 is 4.79 Å². The van der Waals surface area contributed by atoms with E-state index in [2.05, 4.69) is 49.5 Å². The molecule has 0 amide bonds. The quantitative estimate of drug-likeness (QED) is 0.730. The molecule has 0 radical (unpaired) electrons. The van der Waals surface area contributed by atoms with E-state index in [4.69, 9.17) is 0 Å². The van der Waals surface area contributed by atoms with E-state index in [1.165, 1.54) is 5.19 Å². The van der Waals surface area contributed by atoms with Crippen molar-refractivity contribution in [2.24, 2.45) is 0 Å². The van der Waals surface area contributed by atoms with Crippen molar-refractivity contribution in [3.05, 3.63) is 42.0 Å². The first-order chi connectivity index (χ1) is 8.01. The van der Waals surface area contributed by atoms with Gasteiger partial charge in [-0.2, -0.15) is 0 Å². The molecule has 90 valence electrons. The van der Waals surface area contributed by atoms with E-state index in [-0.39, 0.29) is 0 Å². The average molecular weight is 244 g/mol. The summed E-state index contributed by atoms with van der Waals surface area (Å²) in [6, 6.07) is 10.7. The molecule has 0 aromatic heterocycles. The Hall–Kier alpha value is -1.15. The van der Waals surface area contributed by atoms with Gasteiger partial charge < -0.3 is 0 Å². The Balaban J connectivity index is 2.26. The standard InChI is InChI=1S/C15H20OSi/c1-12-9-10-14(11-15(12)16)17(2,3)13-7-5-4-6-8-13/h4-9,14H,10-11H2,1-3H3/t14-/m1/s1. The Morgan fingerprint density at radius 2 is 1.82 bits per heavy atom. The van der Waals surface area contributed by atoms with Gasteiger partial charge in [0.1, 0.15) is 0 Å². The van der Waals surface area contributed by atoms with Gasteiger partial charge >= 0.3 is 0 Å². The fourth-order valence-electron chi connectivity index (χ4n) is 2.55. The molecule has 0 unspecified atom stereocenters. The molecule has 2 rings (SSSR count). The minimum atomic E-state index is -1.52. The third-order valence-electron chi connectivity index (χ3n) is 4.12. The third kappa shape index (κ3) is 2.42. The highest BCUT2D eigenvalue weighted by Crippen LogP contribution is 2.34. The lowest BCUT2D eigenvalue weighted by Crippen LogP contribution is -2.47. The normalized spacial score (nSPS) is 21.2. The molecule has 0 saturated heterocycles. The Labute approximate surface area is 105 Å². The number of carbonyl (C=O) groups excluding carboxylic acids is 1. The summed E-state index contributed by atoms with van der Waals surface area (Å²) in [4.78, 5) is 11.8. The zero-order chi connectivity index (χ0) is 12.5. The van der Waals surface area contributed by atoms with E-state index in [9.17, 15) is 4.79 Å². The fraction of sp³-hybridized carbons (Fsp3) is 0.400. The Bertz CT molecular complexity index is 445. The van der Waals surface area contributed by atoms with E-state index >= 15 is 0 Å². The molecule has 1 atom stereocenters. The van der Waals surface area contributed by atoms with E-state index < -0.39 is 8.07 Å². The Kier molecular flexibility index (Phi) is 3.34. The molecule has 0 spiro atoms. The van der Waals surface area contributed by atoms with Gasteiger partial charge in [0.15, 0.2) is 5.78 Å². The van der Waals surface area contributed by atoms with Crippen LogP contribution in [0.4, 0.5) is 0 Å². The van der Waals surface area contributed by atoms with Crippen molar-refractivity contribution >= 4 is 19.0 Å². The van der Waals surface area contributed by atoms with Crippen LogP contribution in [0.15, 0.2) is 42.0 Å². The monoisotopic (exact) mass is 244 g/mol. The summed E-state index contributed by atoms with van der Waals surface area (Å²) in [7, 11) is -1.52. The van der Waals surface area contributed by atoms with Gasteiger partial charge in [0.05, 0.1) is 8.07 Å². The number of hydrogen-bond donors (Lipinski definition) is 0. The van der Waals surface area contributed by atoms with Crippen LogP contribution in [0, 0.1) is 0 Å². The summed E-state index contributed by atoms with van der Waals surface area (Å²) < 4.78 is 0. The molecule has 2 heteroatoms.